The molecule has 29 heavy (non-hydrogen) atoms. The average Bonchev–Trinajstić information content (AvgIpc) is 3.10. The van der Waals surface area contributed by atoms with Gasteiger partial charge >= 0.3 is 0 Å². The van der Waals surface area contributed by atoms with E-state index in [1.165, 1.54) is 34.1 Å². The van der Waals surface area contributed by atoms with Gasteiger partial charge in [-0.3, -0.25) is 4.79 Å². The number of hydrogen-bond donors (Lipinski definition) is 2. The van der Waals surface area contributed by atoms with Crippen molar-refractivity contribution in [3.05, 3.63) is 66.0 Å². The molecule has 8 heteroatoms. The number of amides is 1. The fourth-order valence-electron chi connectivity index (χ4n) is 2.96. The summed E-state index contributed by atoms with van der Waals surface area (Å²) in [6, 6.07) is 16.0. The Morgan fingerprint density at radius 3 is 2.52 bits per heavy atom. The molecule has 0 aliphatic rings. The van der Waals surface area contributed by atoms with Crippen molar-refractivity contribution in [3.63, 3.8) is 0 Å². The van der Waals surface area contributed by atoms with Gasteiger partial charge in [0.2, 0.25) is 11.1 Å². The molecule has 2 aromatic carbocycles. The van der Waals surface area contributed by atoms with Crippen molar-refractivity contribution in [1.29, 1.82) is 0 Å². The molecule has 0 unspecified atom stereocenters. The number of halogens is 1. The number of thioether (sulfide) groups is 1. The first-order valence-corrected chi connectivity index (χ1v) is 10.3. The van der Waals surface area contributed by atoms with E-state index in [0.717, 1.165) is 6.42 Å². The molecule has 6 nitrogen and oxygen atoms in total. The second-order valence-electron chi connectivity index (χ2n) is 6.70. The Labute approximate surface area is 173 Å². The lowest BCUT2D eigenvalue weighted by Gasteiger charge is -2.18. The quantitative estimate of drug-likeness (QED) is 0.435. The molecular formula is C21H24FN5OS. The maximum Gasteiger partial charge on any atom is 0.233 e. The summed E-state index contributed by atoms with van der Waals surface area (Å²) in [4.78, 5) is 12.6. The van der Waals surface area contributed by atoms with E-state index in [4.69, 9.17) is 5.84 Å². The molecule has 0 spiro atoms. The van der Waals surface area contributed by atoms with Gasteiger partial charge in [0, 0.05) is 18.0 Å². The van der Waals surface area contributed by atoms with Gasteiger partial charge in [0.15, 0.2) is 5.82 Å². The highest BCUT2D eigenvalue weighted by Gasteiger charge is 2.21. The molecule has 1 amide bonds. The van der Waals surface area contributed by atoms with Gasteiger partial charge in [-0.1, -0.05) is 49.0 Å². The summed E-state index contributed by atoms with van der Waals surface area (Å²) >= 11 is 1.23. The van der Waals surface area contributed by atoms with Gasteiger partial charge < -0.3 is 11.2 Å². The van der Waals surface area contributed by atoms with Gasteiger partial charge in [0.25, 0.3) is 0 Å². The zero-order valence-electron chi connectivity index (χ0n) is 16.4. The normalized spacial score (nSPS) is 13.1. The second kappa shape index (κ2) is 9.56. The summed E-state index contributed by atoms with van der Waals surface area (Å²) in [6.45, 7) is 4.48. The summed E-state index contributed by atoms with van der Waals surface area (Å²) in [6.07, 6.45) is 0.934. The van der Waals surface area contributed by atoms with Crippen molar-refractivity contribution in [2.45, 2.75) is 36.6 Å². The van der Waals surface area contributed by atoms with Crippen LogP contribution in [0.3, 0.4) is 0 Å². The Bertz CT molecular complexity index is 945. The zero-order valence-corrected chi connectivity index (χ0v) is 17.2. The van der Waals surface area contributed by atoms with E-state index in [2.05, 4.69) is 34.6 Å². The molecule has 3 rings (SSSR count). The van der Waals surface area contributed by atoms with Crippen LogP contribution in [0.4, 0.5) is 4.39 Å². The van der Waals surface area contributed by atoms with Crippen molar-refractivity contribution < 1.29 is 9.18 Å². The van der Waals surface area contributed by atoms with Crippen LogP contribution in [-0.2, 0) is 4.79 Å². The molecule has 0 saturated carbocycles. The third-order valence-electron chi connectivity index (χ3n) is 4.70. The number of benzene rings is 2. The minimum atomic E-state index is -0.393. The van der Waals surface area contributed by atoms with E-state index >= 15 is 0 Å². The summed E-state index contributed by atoms with van der Waals surface area (Å²) in [5.74, 6) is 6.34. The summed E-state index contributed by atoms with van der Waals surface area (Å²) < 4.78 is 14.4. The van der Waals surface area contributed by atoms with Gasteiger partial charge in [-0.15, -0.1) is 10.2 Å². The van der Waals surface area contributed by atoms with Crippen LogP contribution in [0.25, 0.3) is 11.4 Å². The molecule has 1 heterocycles. The minimum Gasteiger partial charge on any atom is -0.355 e. The van der Waals surface area contributed by atoms with Gasteiger partial charge in [-0.2, -0.15) is 0 Å². The number of nitrogens with one attached hydrogen (secondary N) is 1. The lowest BCUT2D eigenvalue weighted by atomic mass is 9.96. The number of nitrogens with zero attached hydrogens (tertiary/aromatic N) is 3. The SMILES string of the molecule is CC[C@H](CNC(=O)[C@@H](C)Sc1nnc(-c2ccc(F)cc2)n1N)c1ccccc1. The molecule has 0 fully saturated rings. The standard InChI is InChI=1S/C21H24FN5OS/c1-3-15(16-7-5-4-6-8-16)13-24-20(28)14(2)29-21-26-25-19(27(21)23)17-9-11-18(22)12-10-17/h4-12,14-15H,3,13,23H2,1-2H3,(H,24,28)/t14-,15-/m1/s1. The lowest BCUT2D eigenvalue weighted by Crippen LogP contribution is -2.34. The number of carbonyl (C=O) groups excluding carboxylic acids is 1. The van der Waals surface area contributed by atoms with Crippen LogP contribution in [0.1, 0.15) is 31.7 Å². The number of aromatic nitrogens is 3. The molecule has 0 aliphatic heterocycles. The maximum atomic E-state index is 13.1. The van der Waals surface area contributed by atoms with Crippen LogP contribution < -0.4 is 11.2 Å². The molecule has 0 saturated heterocycles. The van der Waals surface area contributed by atoms with Crippen molar-refractivity contribution in [2.24, 2.45) is 0 Å². The number of nitrogens with two attached hydrogens (primary N) is 1. The van der Waals surface area contributed by atoms with Crippen molar-refractivity contribution >= 4 is 17.7 Å². The van der Waals surface area contributed by atoms with E-state index in [9.17, 15) is 9.18 Å². The fraction of sp³-hybridized carbons (Fsp3) is 0.286. The Hall–Kier alpha value is -2.87. The summed E-state index contributed by atoms with van der Waals surface area (Å²) in [7, 11) is 0. The highest BCUT2D eigenvalue weighted by molar-refractivity contribution is 8.00. The average molecular weight is 414 g/mol. The Morgan fingerprint density at radius 2 is 1.86 bits per heavy atom. The van der Waals surface area contributed by atoms with Gasteiger partial charge in [0.1, 0.15) is 5.82 Å². The van der Waals surface area contributed by atoms with E-state index in [1.54, 1.807) is 19.1 Å². The molecule has 3 N–H and O–H groups in total. The molecule has 0 radical (unpaired) electrons. The van der Waals surface area contributed by atoms with Crippen molar-refractivity contribution in [2.75, 3.05) is 12.4 Å². The molecule has 3 aromatic rings. The second-order valence-corrected chi connectivity index (χ2v) is 8.01. The molecule has 152 valence electrons. The lowest BCUT2D eigenvalue weighted by molar-refractivity contribution is -0.120. The van der Waals surface area contributed by atoms with Crippen molar-refractivity contribution in [1.82, 2.24) is 20.2 Å². The summed E-state index contributed by atoms with van der Waals surface area (Å²) in [5.41, 5.74) is 1.86. The smallest absolute Gasteiger partial charge is 0.233 e. The number of carbonyl (C=O) groups is 1. The van der Waals surface area contributed by atoms with Crippen LogP contribution in [-0.4, -0.2) is 32.6 Å². The Balaban J connectivity index is 1.60. The summed E-state index contributed by atoms with van der Waals surface area (Å²) in [5, 5.41) is 11.2. The third kappa shape index (κ3) is 5.14. The predicted octanol–water partition coefficient (Wildman–Crippen LogP) is 3.59. The van der Waals surface area contributed by atoms with E-state index in [-0.39, 0.29) is 17.6 Å². The first kappa shape index (κ1) is 20.9. The maximum absolute atomic E-state index is 13.1. The van der Waals surface area contributed by atoms with E-state index < -0.39 is 5.25 Å². The van der Waals surface area contributed by atoms with Gasteiger partial charge in [0.05, 0.1) is 5.25 Å². The monoisotopic (exact) mass is 413 g/mol. The van der Waals surface area contributed by atoms with E-state index in [0.29, 0.717) is 23.1 Å². The minimum absolute atomic E-state index is 0.0873. The highest BCUT2D eigenvalue weighted by Crippen LogP contribution is 2.25. The zero-order chi connectivity index (χ0) is 20.8. The highest BCUT2D eigenvalue weighted by atomic mass is 32.2. The van der Waals surface area contributed by atoms with E-state index in [1.807, 2.05) is 18.2 Å². The Kier molecular flexibility index (Phi) is 6.87. The largest absolute Gasteiger partial charge is 0.355 e. The molecular weight excluding hydrogens is 389 g/mol. The van der Waals surface area contributed by atoms with Crippen LogP contribution in [0.2, 0.25) is 0 Å². The van der Waals surface area contributed by atoms with Gasteiger partial charge in [-0.25, -0.2) is 9.07 Å². The van der Waals surface area contributed by atoms with Crippen molar-refractivity contribution in [3.8, 4) is 11.4 Å². The molecule has 0 bridgehead atoms. The first-order chi connectivity index (χ1) is 14.0. The number of hydrogen-bond acceptors (Lipinski definition) is 5. The number of rotatable bonds is 8. The Morgan fingerprint density at radius 1 is 1.17 bits per heavy atom. The fourth-order valence-corrected chi connectivity index (χ4v) is 3.75. The van der Waals surface area contributed by atoms with Crippen LogP contribution in [0, 0.1) is 5.82 Å². The third-order valence-corrected chi connectivity index (χ3v) is 5.76. The molecule has 1 aromatic heterocycles. The molecule has 0 aliphatic carbocycles. The van der Waals surface area contributed by atoms with Crippen LogP contribution in [0.15, 0.2) is 59.8 Å². The molecule has 2 atom stereocenters. The number of nitrogen functional groups attached to an aromatic ring is 1. The topological polar surface area (TPSA) is 85.8 Å². The van der Waals surface area contributed by atoms with Crippen LogP contribution in [0.5, 0.6) is 0 Å². The predicted molar refractivity (Wildman–Crippen MR) is 113 cm³/mol. The van der Waals surface area contributed by atoms with Gasteiger partial charge in [-0.05, 0) is 43.2 Å². The van der Waals surface area contributed by atoms with Crippen LogP contribution >= 0.6 is 11.8 Å². The first-order valence-electron chi connectivity index (χ1n) is 9.45.